The minimum atomic E-state index is -3.76. The van der Waals surface area contributed by atoms with E-state index < -0.39 is 15.8 Å². The average molecular weight is 316 g/mol. The van der Waals surface area contributed by atoms with Crippen LogP contribution in [0.5, 0.6) is 0 Å². The molecule has 21 heavy (non-hydrogen) atoms. The smallest absolute Gasteiger partial charge is 0.241 e. The molecule has 1 heterocycles. The minimum absolute atomic E-state index is 0.0746. The third-order valence-electron chi connectivity index (χ3n) is 3.64. The topological polar surface area (TPSA) is 81.4 Å². The van der Waals surface area contributed by atoms with Crippen LogP contribution in [0.1, 0.15) is 31.2 Å². The van der Waals surface area contributed by atoms with Gasteiger partial charge in [0.2, 0.25) is 10.0 Å². The van der Waals surface area contributed by atoms with Crippen LogP contribution >= 0.6 is 0 Å². The highest BCUT2D eigenvalue weighted by Crippen LogP contribution is 2.22. The Morgan fingerprint density at radius 2 is 2.19 bits per heavy atom. The standard InChI is InChI=1S/C14H21FN2O3S/c1-10-13(15)8-11(16)9-14(10)21(18,19)17-6-5-12-4-2-3-7-20-12/h8-9,12,17H,2-7,16H2,1H3. The maximum Gasteiger partial charge on any atom is 0.241 e. The highest BCUT2D eigenvalue weighted by Gasteiger charge is 2.21. The van der Waals surface area contributed by atoms with E-state index >= 15 is 0 Å². The summed E-state index contributed by atoms with van der Waals surface area (Å²) in [5, 5.41) is 0. The normalized spacial score (nSPS) is 19.6. The largest absolute Gasteiger partial charge is 0.399 e. The Morgan fingerprint density at radius 1 is 1.43 bits per heavy atom. The van der Waals surface area contributed by atoms with Gasteiger partial charge in [-0.3, -0.25) is 0 Å². The molecular formula is C14H21FN2O3S. The minimum Gasteiger partial charge on any atom is -0.399 e. The van der Waals surface area contributed by atoms with Crippen LogP contribution in [0.15, 0.2) is 17.0 Å². The molecule has 1 aromatic rings. The first-order chi connectivity index (χ1) is 9.90. The molecule has 1 aliphatic rings. The lowest BCUT2D eigenvalue weighted by molar-refractivity contribution is 0.0123. The van der Waals surface area contributed by atoms with Crippen LogP contribution in [0.3, 0.4) is 0 Å². The molecule has 1 aromatic carbocycles. The van der Waals surface area contributed by atoms with Crippen LogP contribution in [0.2, 0.25) is 0 Å². The van der Waals surface area contributed by atoms with Crippen molar-refractivity contribution in [2.75, 3.05) is 18.9 Å². The van der Waals surface area contributed by atoms with Crippen LogP contribution < -0.4 is 10.5 Å². The lowest BCUT2D eigenvalue weighted by Crippen LogP contribution is -2.30. The molecule has 0 aromatic heterocycles. The van der Waals surface area contributed by atoms with E-state index in [1.54, 1.807) is 0 Å². The zero-order chi connectivity index (χ0) is 15.5. The first-order valence-corrected chi connectivity index (χ1v) is 8.55. The van der Waals surface area contributed by atoms with Gasteiger partial charge in [-0.25, -0.2) is 17.5 Å². The Kier molecular flexibility index (Phi) is 5.18. The van der Waals surface area contributed by atoms with Crippen molar-refractivity contribution in [1.82, 2.24) is 4.72 Å². The van der Waals surface area contributed by atoms with Crippen molar-refractivity contribution in [3.05, 3.63) is 23.5 Å². The van der Waals surface area contributed by atoms with Crippen molar-refractivity contribution in [3.8, 4) is 0 Å². The molecule has 0 saturated carbocycles. The summed E-state index contributed by atoms with van der Waals surface area (Å²) in [4.78, 5) is -0.107. The van der Waals surface area contributed by atoms with E-state index in [-0.39, 0.29) is 28.8 Å². The van der Waals surface area contributed by atoms with E-state index in [1.807, 2.05) is 0 Å². The highest BCUT2D eigenvalue weighted by atomic mass is 32.2. The number of halogens is 1. The summed E-state index contributed by atoms with van der Waals surface area (Å²) in [5.74, 6) is -0.619. The van der Waals surface area contributed by atoms with E-state index in [2.05, 4.69) is 4.72 Å². The molecular weight excluding hydrogens is 295 g/mol. The van der Waals surface area contributed by atoms with Crippen molar-refractivity contribution in [2.45, 2.75) is 43.6 Å². The number of rotatable bonds is 5. The van der Waals surface area contributed by atoms with Crippen LogP contribution in [0, 0.1) is 12.7 Å². The van der Waals surface area contributed by atoms with Gasteiger partial charge in [0.25, 0.3) is 0 Å². The van der Waals surface area contributed by atoms with Gasteiger partial charge in [0, 0.05) is 24.4 Å². The summed E-state index contributed by atoms with van der Waals surface area (Å²) in [6.45, 7) is 2.42. The fourth-order valence-electron chi connectivity index (χ4n) is 2.42. The maximum absolute atomic E-state index is 13.6. The van der Waals surface area contributed by atoms with Gasteiger partial charge in [0.15, 0.2) is 0 Å². The summed E-state index contributed by atoms with van der Waals surface area (Å²) in [7, 11) is -3.76. The lowest BCUT2D eigenvalue weighted by Gasteiger charge is -2.22. The number of hydrogen-bond donors (Lipinski definition) is 2. The van der Waals surface area contributed by atoms with E-state index in [9.17, 15) is 12.8 Å². The lowest BCUT2D eigenvalue weighted by atomic mass is 10.1. The van der Waals surface area contributed by atoms with Gasteiger partial charge in [-0.2, -0.15) is 0 Å². The van der Waals surface area contributed by atoms with Gasteiger partial charge in [0.1, 0.15) is 5.82 Å². The molecule has 0 spiro atoms. The predicted octanol–water partition coefficient (Wildman–Crippen LogP) is 1.95. The number of ether oxygens (including phenoxy) is 1. The third kappa shape index (κ3) is 4.15. The quantitative estimate of drug-likeness (QED) is 0.814. The molecule has 1 atom stereocenters. The molecule has 1 aliphatic heterocycles. The molecule has 0 aliphatic carbocycles. The number of benzene rings is 1. The molecule has 3 N–H and O–H groups in total. The molecule has 118 valence electrons. The molecule has 7 heteroatoms. The number of nitrogen functional groups attached to an aromatic ring is 1. The summed E-state index contributed by atoms with van der Waals surface area (Å²) >= 11 is 0. The summed E-state index contributed by atoms with van der Waals surface area (Å²) < 4.78 is 46.1. The second-order valence-electron chi connectivity index (χ2n) is 5.30. The Morgan fingerprint density at radius 3 is 2.86 bits per heavy atom. The van der Waals surface area contributed by atoms with Gasteiger partial charge in [-0.15, -0.1) is 0 Å². The zero-order valence-corrected chi connectivity index (χ0v) is 12.9. The SMILES string of the molecule is Cc1c(F)cc(N)cc1S(=O)(=O)NCCC1CCCCO1. The Bertz CT molecular complexity index is 598. The number of sulfonamides is 1. The van der Waals surface area contributed by atoms with Gasteiger partial charge < -0.3 is 10.5 Å². The van der Waals surface area contributed by atoms with Gasteiger partial charge >= 0.3 is 0 Å². The fourth-order valence-corrected chi connectivity index (χ4v) is 3.75. The van der Waals surface area contributed by atoms with Crippen molar-refractivity contribution >= 4 is 15.7 Å². The summed E-state index contributed by atoms with van der Waals surface area (Å²) in [5.41, 5.74) is 5.68. The van der Waals surface area contributed by atoms with E-state index in [1.165, 1.54) is 13.0 Å². The number of nitrogens with one attached hydrogen (secondary N) is 1. The maximum atomic E-state index is 13.6. The molecule has 2 rings (SSSR count). The molecule has 1 fully saturated rings. The molecule has 0 bridgehead atoms. The van der Waals surface area contributed by atoms with Gasteiger partial charge in [0.05, 0.1) is 11.0 Å². The third-order valence-corrected chi connectivity index (χ3v) is 5.23. The molecule has 1 saturated heterocycles. The van der Waals surface area contributed by atoms with Gasteiger partial charge in [-0.05, 0) is 44.7 Å². The van der Waals surface area contributed by atoms with E-state index in [0.717, 1.165) is 31.9 Å². The highest BCUT2D eigenvalue weighted by molar-refractivity contribution is 7.89. The summed E-state index contributed by atoms with van der Waals surface area (Å²) in [6.07, 6.45) is 3.83. The van der Waals surface area contributed by atoms with E-state index in [0.29, 0.717) is 6.42 Å². The Balaban J connectivity index is 2.01. The van der Waals surface area contributed by atoms with Crippen LogP contribution in [-0.4, -0.2) is 27.7 Å². The van der Waals surface area contributed by atoms with Crippen molar-refractivity contribution in [1.29, 1.82) is 0 Å². The monoisotopic (exact) mass is 316 g/mol. The van der Waals surface area contributed by atoms with E-state index in [4.69, 9.17) is 10.5 Å². The number of hydrogen-bond acceptors (Lipinski definition) is 4. The zero-order valence-electron chi connectivity index (χ0n) is 12.1. The predicted molar refractivity (Wildman–Crippen MR) is 78.9 cm³/mol. The number of nitrogens with two attached hydrogens (primary N) is 1. The molecule has 0 radical (unpaired) electrons. The van der Waals surface area contributed by atoms with Crippen LogP contribution in [-0.2, 0) is 14.8 Å². The first-order valence-electron chi connectivity index (χ1n) is 7.07. The van der Waals surface area contributed by atoms with Crippen molar-refractivity contribution in [3.63, 3.8) is 0 Å². The van der Waals surface area contributed by atoms with Gasteiger partial charge in [-0.1, -0.05) is 0 Å². The van der Waals surface area contributed by atoms with Crippen LogP contribution in [0.25, 0.3) is 0 Å². The second-order valence-corrected chi connectivity index (χ2v) is 7.04. The van der Waals surface area contributed by atoms with Crippen molar-refractivity contribution in [2.24, 2.45) is 0 Å². The molecule has 0 amide bonds. The molecule has 5 nitrogen and oxygen atoms in total. The first kappa shape index (κ1) is 16.2. The number of anilines is 1. The Labute approximate surface area is 124 Å². The second kappa shape index (κ2) is 6.72. The summed E-state index contributed by atoms with van der Waals surface area (Å²) in [6, 6.07) is 2.39. The van der Waals surface area contributed by atoms with Crippen molar-refractivity contribution < 1.29 is 17.5 Å². The molecule has 1 unspecified atom stereocenters. The average Bonchev–Trinajstić information content (AvgIpc) is 2.43. The van der Waals surface area contributed by atoms with Crippen LogP contribution in [0.4, 0.5) is 10.1 Å². The Hall–Kier alpha value is -1.18. The fraction of sp³-hybridized carbons (Fsp3) is 0.571.